The smallest absolute Gasteiger partial charge is 0.238 e. The summed E-state index contributed by atoms with van der Waals surface area (Å²) in [4.78, 5) is 18.4. The van der Waals surface area contributed by atoms with Crippen molar-refractivity contribution in [2.24, 2.45) is 0 Å². The number of aromatic nitrogens is 2. The maximum atomic E-state index is 11.9. The molecule has 2 saturated heterocycles. The van der Waals surface area contributed by atoms with Crippen LogP contribution >= 0.6 is 0 Å². The zero-order chi connectivity index (χ0) is 16.4. The van der Waals surface area contributed by atoms with E-state index in [0.717, 1.165) is 32.5 Å². The van der Waals surface area contributed by atoms with Gasteiger partial charge in [-0.3, -0.25) is 9.69 Å². The molecular formula is C16H20N4O4. The van der Waals surface area contributed by atoms with Crippen molar-refractivity contribution in [3.05, 3.63) is 24.3 Å². The molecule has 8 heteroatoms. The Labute approximate surface area is 139 Å². The van der Waals surface area contributed by atoms with Crippen molar-refractivity contribution in [1.82, 2.24) is 20.4 Å². The molecule has 4 rings (SSSR count). The molecular weight excluding hydrogens is 312 g/mol. The highest BCUT2D eigenvalue weighted by molar-refractivity contribution is 5.78. The monoisotopic (exact) mass is 332 g/mol. The highest BCUT2D eigenvalue weighted by Gasteiger charge is 2.34. The second-order valence-corrected chi connectivity index (χ2v) is 6.26. The van der Waals surface area contributed by atoms with E-state index in [1.807, 2.05) is 0 Å². The van der Waals surface area contributed by atoms with Crippen LogP contribution in [0.15, 0.2) is 27.3 Å². The first-order valence-electron chi connectivity index (χ1n) is 8.26. The van der Waals surface area contributed by atoms with Gasteiger partial charge in [0.1, 0.15) is 0 Å². The van der Waals surface area contributed by atoms with Crippen molar-refractivity contribution < 1.29 is 18.5 Å². The molecule has 2 aliphatic heterocycles. The van der Waals surface area contributed by atoms with E-state index < -0.39 is 0 Å². The molecule has 0 aromatic carbocycles. The van der Waals surface area contributed by atoms with Crippen LogP contribution in [-0.4, -0.2) is 59.8 Å². The van der Waals surface area contributed by atoms with Gasteiger partial charge in [-0.2, -0.15) is 4.98 Å². The zero-order valence-corrected chi connectivity index (χ0v) is 13.3. The van der Waals surface area contributed by atoms with E-state index in [-0.39, 0.29) is 17.9 Å². The number of hydrogen-bond donors (Lipinski definition) is 1. The van der Waals surface area contributed by atoms with Crippen molar-refractivity contribution in [1.29, 1.82) is 0 Å². The lowest BCUT2D eigenvalue weighted by molar-refractivity contribution is -0.123. The first-order valence-corrected chi connectivity index (χ1v) is 8.26. The highest BCUT2D eigenvalue weighted by atomic mass is 16.5. The number of likely N-dealkylation sites (tertiary alicyclic amines) is 1. The molecule has 0 bridgehead atoms. The van der Waals surface area contributed by atoms with E-state index in [1.165, 1.54) is 0 Å². The number of rotatable bonds is 6. The van der Waals surface area contributed by atoms with Crippen molar-refractivity contribution in [3.63, 3.8) is 0 Å². The molecule has 2 aromatic heterocycles. The largest absolute Gasteiger partial charge is 0.461 e. The second kappa shape index (κ2) is 6.74. The summed E-state index contributed by atoms with van der Waals surface area (Å²) in [6.07, 6.45) is 3.86. The third-order valence-electron chi connectivity index (χ3n) is 4.41. The van der Waals surface area contributed by atoms with Crippen molar-refractivity contribution in [2.45, 2.75) is 24.9 Å². The van der Waals surface area contributed by atoms with Crippen LogP contribution in [0.2, 0.25) is 0 Å². The minimum absolute atomic E-state index is 0.0331. The molecule has 0 aliphatic carbocycles. The average Bonchev–Trinajstić information content (AvgIpc) is 3.30. The lowest BCUT2D eigenvalue weighted by Gasteiger charge is -2.36. The van der Waals surface area contributed by atoms with E-state index in [2.05, 4.69) is 20.4 Å². The lowest BCUT2D eigenvalue weighted by atomic mass is 10.0. The summed E-state index contributed by atoms with van der Waals surface area (Å²) < 4.78 is 16.0. The van der Waals surface area contributed by atoms with E-state index in [9.17, 15) is 4.79 Å². The standard InChI is InChI=1S/C16H20N4O4/c21-14(17-7-12-3-1-5-22-12)10-20-8-11(9-20)16-18-15(19-24-16)13-4-2-6-23-13/h2,4,6,11-12H,1,3,5,7-10H2,(H,17,21)/t12-/m0/s1. The molecule has 1 atom stereocenters. The third-order valence-corrected chi connectivity index (χ3v) is 4.41. The van der Waals surface area contributed by atoms with Gasteiger partial charge in [0.2, 0.25) is 17.6 Å². The van der Waals surface area contributed by atoms with Crippen molar-refractivity contribution in [2.75, 3.05) is 32.8 Å². The van der Waals surface area contributed by atoms with Crippen LogP contribution in [0.5, 0.6) is 0 Å². The zero-order valence-electron chi connectivity index (χ0n) is 13.3. The Hall–Kier alpha value is -2.19. The molecule has 2 fully saturated rings. The van der Waals surface area contributed by atoms with Crippen LogP contribution in [0.25, 0.3) is 11.6 Å². The molecule has 4 heterocycles. The minimum Gasteiger partial charge on any atom is -0.461 e. The summed E-state index contributed by atoms with van der Waals surface area (Å²) in [6.45, 7) is 3.29. The van der Waals surface area contributed by atoms with Gasteiger partial charge >= 0.3 is 0 Å². The van der Waals surface area contributed by atoms with E-state index >= 15 is 0 Å². The van der Waals surface area contributed by atoms with Crippen molar-refractivity contribution >= 4 is 5.91 Å². The third kappa shape index (κ3) is 3.34. The molecule has 1 amide bonds. The molecule has 0 radical (unpaired) electrons. The van der Waals surface area contributed by atoms with Crippen LogP contribution in [0, 0.1) is 0 Å². The van der Waals surface area contributed by atoms with E-state index in [1.54, 1.807) is 18.4 Å². The average molecular weight is 332 g/mol. The first-order chi connectivity index (χ1) is 11.8. The molecule has 0 saturated carbocycles. The molecule has 128 valence electrons. The Balaban J connectivity index is 1.21. The quantitative estimate of drug-likeness (QED) is 0.844. The van der Waals surface area contributed by atoms with Crippen LogP contribution in [0.4, 0.5) is 0 Å². The predicted molar refractivity (Wildman–Crippen MR) is 83.2 cm³/mol. The summed E-state index contributed by atoms with van der Waals surface area (Å²) in [7, 11) is 0. The Kier molecular flexibility index (Phi) is 4.31. The maximum Gasteiger partial charge on any atom is 0.238 e. The fraction of sp³-hybridized carbons (Fsp3) is 0.562. The van der Waals surface area contributed by atoms with Gasteiger partial charge in [0.05, 0.1) is 24.8 Å². The molecule has 24 heavy (non-hydrogen) atoms. The topological polar surface area (TPSA) is 93.6 Å². The number of amides is 1. The maximum absolute atomic E-state index is 11.9. The summed E-state index contributed by atoms with van der Waals surface area (Å²) in [5, 5.41) is 6.86. The SMILES string of the molecule is O=C(CN1CC(c2nc(-c3ccco3)no2)C1)NC[C@@H]1CCCO1. The molecule has 0 unspecified atom stereocenters. The Morgan fingerprint density at radius 3 is 3.08 bits per heavy atom. The molecule has 2 aliphatic rings. The van der Waals surface area contributed by atoms with Gasteiger partial charge in [0.15, 0.2) is 5.76 Å². The molecule has 2 aromatic rings. The first kappa shape index (κ1) is 15.3. The Bertz CT molecular complexity index is 672. The fourth-order valence-electron chi connectivity index (χ4n) is 3.05. The van der Waals surface area contributed by atoms with Gasteiger partial charge in [-0.05, 0) is 25.0 Å². The van der Waals surface area contributed by atoms with E-state index in [0.29, 0.717) is 30.6 Å². The van der Waals surface area contributed by atoms with Crippen molar-refractivity contribution in [3.8, 4) is 11.6 Å². The van der Waals surface area contributed by atoms with Crippen LogP contribution in [0.1, 0.15) is 24.7 Å². The fourth-order valence-corrected chi connectivity index (χ4v) is 3.05. The summed E-state index contributed by atoms with van der Waals surface area (Å²) in [5.74, 6) is 1.85. The highest BCUT2D eigenvalue weighted by Crippen LogP contribution is 2.27. The number of carbonyl (C=O) groups is 1. The Morgan fingerprint density at radius 1 is 1.42 bits per heavy atom. The Morgan fingerprint density at radius 2 is 2.33 bits per heavy atom. The molecule has 8 nitrogen and oxygen atoms in total. The van der Waals surface area contributed by atoms with Gasteiger partial charge in [0.25, 0.3) is 0 Å². The number of ether oxygens (including phenoxy) is 1. The van der Waals surface area contributed by atoms with Gasteiger partial charge < -0.3 is 19.0 Å². The number of furan rings is 1. The summed E-state index contributed by atoms with van der Waals surface area (Å²) in [6, 6.07) is 3.58. The normalized spacial score (nSPS) is 21.8. The van der Waals surface area contributed by atoms with Gasteiger partial charge in [-0.25, -0.2) is 0 Å². The number of nitrogens with one attached hydrogen (secondary N) is 1. The van der Waals surface area contributed by atoms with Crippen LogP contribution in [0.3, 0.4) is 0 Å². The molecule has 1 N–H and O–H groups in total. The second-order valence-electron chi connectivity index (χ2n) is 6.26. The summed E-state index contributed by atoms with van der Waals surface area (Å²) >= 11 is 0. The van der Waals surface area contributed by atoms with Gasteiger partial charge in [0, 0.05) is 26.2 Å². The van der Waals surface area contributed by atoms with Crippen LogP contribution in [-0.2, 0) is 9.53 Å². The van der Waals surface area contributed by atoms with Gasteiger partial charge in [-0.15, -0.1) is 0 Å². The summed E-state index contributed by atoms with van der Waals surface area (Å²) in [5.41, 5.74) is 0. The number of nitrogens with zero attached hydrogens (tertiary/aromatic N) is 3. The molecule has 0 spiro atoms. The lowest BCUT2D eigenvalue weighted by Crippen LogP contribution is -2.50. The van der Waals surface area contributed by atoms with Crippen LogP contribution < -0.4 is 5.32 Å². The predicted octanol–water partition coefficient (Wildman–Crippen LogP) is 1.02. The minimum atomic E-state index is 0.0331. The number of hydrogen-bond acceptors (Lipinski definition) is 7. The number of carbonyl (C=O) groups excluding carboxylic acids is 1. The van der Waals surface area contributed by atoms with Gasteiger partial charge in [-0.1, -0.05) is 5.16 Å². The van der Waals surface area contributed by atoms with E-state index in [4.69, 9.17) is 13.7 Å².